The maximum atomic E-state index is 15.0. The predicted octanol–water partition coefficient (Wildman–Crippen LogP) is 4.00. The monoisotopic (exact) mass is 470 g/mol. The number of nitrogens with zero attached hydrogens (tertiary/aromatic N) is 3. The number of ether oxygens (including phenoxy) is 2. The number of nitrogens with one attached hydrogen (secondary N) is 1. The van der Waals surface area contributed by atoms with Gasteiger partial charge >= 0.3 is 6.29 Å². The molecule has 2 aliphatic heterocycles. The van der Waals surface area contributed by atoms with E-state index in [1.165, 1.54) is 35.4 Å². The SMILES string of the molecule is Cc1cc2c(c(F)n1)-c1cccnc1[C@@H](C)C(=O)N2CC(=O)Nc1ccc2c(c1)OC(F)(F)O2. The first-order valence-electron chi connectivity index (χ1n) is 10.3. The third kappa shape index (κ3) is 3.68. The number of aromatic nitrogens is 2. The zero-order valence-corrected chi connectivity index (χ0v) is 17.9. The molecule has 5 rings (SSSR count). The third-order valence-corrected chi connectivity index (χ3v) is 5.51. The molecule has 34 heavy (non-hydrogen) atoms. The average molecular weight is 470 g/mol. The highest BCUT2D eigenvalue weighted by Crippen LogP contribution is 2.43. The molecular weight excluding hydrogens is 453 g/mol. The zero-order chi connectivity index (χ0) is 24.2. The molecule has 1 atom stereocenters. The van der Waals surface area contributed by atoms with E-state index in [0.29, 0.717) is 17.0 Å². The molecule has 2 amide bonds. The van der Waals surface area contributed by atoms with E-state index in [1.54, 1.807) is 26.0 Å². The van der Waals surface area contributed by atoms with Crippen LogP contribution in [0.15, 0.2) is 42.6 Å². The molecule has 11 heteroatoms. The lowest BCUT2D eigenvalue weighted by molar-refractivity contribution is -0.286. The number of halogens is 3. The minimum absolute atomic E-state index is 0.0736. The molecule has 1 aromatic carbocycles. The molecule has 8 nitrogen and oxygen atoms in total. The first-order chi connectivity index (χ1) is 16.1. The number of rotatable bonds is 3. The van der Waals surface area contributed by atoms with Gasteiger partial charge in [-0.25, -0.2) is 4.98 Å². The maximum absolute atomic E-state index is 15.0. The first-order valence-corrected chi connectivity index (χ1v) is 10.3. The molecule has 0 unspecified atom stereocenters. The summed E-state index contributed by atoms with van der Waals surface area (Å²) in [6, 6.07) is 8.58. The molecule has 0 radical (unpaired) electrons. The lowest BCUT2D eigenvalue weighted by Crippen LogP contribution is -2.40. The Kier molecular flexibility index (Phi) is 4.92. The van der Waals surface area contributed by atoms with Crippen LogP contribution in [0.3, 0.4) is 0 Å². The van der Waals surface area contributed by atoms with Crippen molar-refractivity contribution in [2.45, 2.75) is 26.1 Å². The highest BCUT2D eigenvalue weighted by atomic mass is 19.3. The highest BCUT2D eigenvalue weighted by molar-refractivity contribution is 6.09. The van der Waals surface area contributed by atoms with Crippen molar-refractivity contribution in [3.63, 3.8) is 0 Å². The van der Waals surface area contributed by atoms with E-state index >= 15 is 4.39 Å². The molecule has 2 aromatic heterocycles. The number of benzene rings is 1. The lowest BCUT2D eigenvalue weighted by atomic mass is 9.98. The smallest absolute Gasteiger partial charge is 0.395 e. The fourth-order valence-corrected chi connectivity index (χ4v) is 4.06. The van der Waals surface area contributed by atoms with Crippen LogP contribution >= 0.6 is 0 Å². The minimum Gasteiger partial charge on any atom is -0.395 e. The number of anilines is 2. The summed E-state index contributed by atoms with van der Waals surface area (Å²) in [7, 11) is 0. The van der Waals surface area contributed by atoms with Crippen LogP contribution in [0.4, 0.5) is 24.5 Å². The van der Waals surface area contributed by atoms with E-state index in [1.807, 2.05) is 0 Å². The van der Waals surface area contributed by atoms with Gasteiger partial charge in [-0.1, -0.05) is 6.07 Å². The Morgan fingerprint density at radius 1 is 1.21 bits per heavy atom. The Hall–Kier alpha value is -4.15. The van der Waals surface area contributed by atoms with E-state index in [4.69, 9.17) is 0 Å². The van der Waals surface area contributed by atoms with Crippen LogP contribution in [0.5, 0.6) is 11.5 Å². The normalized spacial score (nSPS) is 17.6. The quantitative estimate of drug-likeness (QED) is 0.582. The molecule has 1 N–H and O–H groups in total. The minimum atomic E-state index is -3.79. The summed E-state index contributed by atoms with van der Waals surface area (Å²) in [5.41, 5.74) is 1.54. The Balaban J connectivity index is 1.48. The van der Waals surface area contributed by atoms with E-state index in [-0.39, 0.29) is 28.4 Å². The molecule has 0 spiro atoms. The number of hydrogen-bond donors (Lipinski definition) is 1. The fraction of sp³-hybridized carbons (Fsp3) is 0.217. The van der Waals surface area contributed by atoms with E-state index in [2.05, 4.69) is 24.8 Å². The summed E-state index contributed by atoms with van der Waals surface area (Å²) >= 11 is 0. The van der Waals surface area contributed by atoms with Gasteiger partial charge < -0.3 is 19.7 Å². The van der Waals surface area contributed by atoms with Gasteiger partial charge in [-0.15, -0.1) is 8.78 Å². The van der Waals surface area contributed by atoms with Gasteiger partial charge in [0.05, 0.1) is 22.9 Å². The van der Waals surface area contributed by atoms with E-state index in [0.717, 1.165) is 0 Å². The molecule has 0 saturated heterocycles. The summed E-state index contributed by atoms with van der Waals surface area (Å²) in [4.78, 5) is 35.6. The van der Waals surface area contributed by atoms with Crippen LogP contribution in [0.25, 0.3) is 11.1 Å². The molecular formula is C23H17F3N4O4. The summed E-state index contributed by atoms with van der Waals surface area (Å²) in [6.45, 7) is 2.74. The largest absolute Gasteiger partial charge is 0.586 e. The number of fused-ring (bicyclic) bond motifs is 4. The van der Waals surface area contributed by atoms with Crippen molar-refractivity contribution in [1.82, 2.24) is 9.97 Å². The van der Waals surface area contributed by atoms with Crippen LogP contribution in [-0.2, 0) is 9.59 Å². The van der Waals surface area contributed by atoms with Crippen LogP contribution in [-0.4, -0.2) is 34.6 Å². The van der Waals surface area contributed by atoms with Crippen LogP contribution in [0.2, 0.25) is 0 Å². The molecule has 0 fully saturated rings. The second-order valence-corrected chi connectivity index (χ2v) is 7.91. The van der Waals surface area contributed by atoms with Crippen molar-refractivity contribution in [2.75, 3.05) is 16.8 Å². The number of alkyl halides is 2. The lowest BCUT2D eigenvalue weighted by Gasteiger charge is -2.24. The fourth-order valence-electron chi connectivity index (χ4n) is 4.06. The van der Waals surface area contributed by atoms with Crippen molar-refractivity contribution in [2.24, 2.45) is 0 Å². The molecule has 174 valence electrons. The van der Waals surface area contributed by atoms with Crippen molar-refractivity contribution in [3.8, 4) is 22.6 Å². The number of hydrogen-bond acceptors (Lipinski definition) is 6. The van der Waals surface area contributed by atoms with Gasteiger partial charge in [0.25, 0.3) is 0 Å². The molecule has 3 aromatic rings. The number of pyridine rings is 2. The summed E-state index contributed by atoms with van der Waals surface area (Å²) < 4.78 is 50.3. The van der Waals surface area contributed by atoms with E-state index < -0.39 is 36.5 Å². The zero-order valence-electron chi connectivity index (χ0n) is 17.9. The molecule has 0 aliphatic carbocycles. The number of aryl methyl sites for hydroxylation is 1. The average Bonchev–Trinajstić information content (AvgIpc) is 3.05. The standard InChI is InChI=1S/C23H17F3N4O4/c1-11-8-15-19(21(24)28-11)14-4-3-7-27-20(14)12(2)22(32)30(15)10-18(31)29-13-5-6-16-17(9-13)34-23(25,26)33-16/h3-9,12H,10H2,1-2H3,(H,29,31)/t12-/m1/s1. The van der Waals surface area contributed by atoms with Gasteiger partial charge in [-0.3, -0.25) is 14.6 Å². The number of amides is 2. The second-order valence-electron chi connectivity index (χ2n) is 7.91. The molecule has 4 heterocycles. The van der Waals surface area contributed by atoms with Crippen molar-refractivity contribution >= 4 is 23.2 Å². The molecule has 0 saturated carbocycles. The van der Waals surface area contributed by atoms with Crippen molar-refractivity contribution in [1.29, 1.82) is 0 Å². The van der Waals surface area contributed by atoms with Crippen LogP contribution < -0.4 is 19.7 Å². The van der Waals surface area contributed by atoms with Crippen LogP contribution in [0.1, 0.15) is 24.2 Å². The third-order valence-electron chi connectivity index (χ3n) is 5.51. The second kappa shape index (κ2) is 7.72. The highest BCUT2D eigenvalue weighted by Gasteiger charge is 2.43. The van der Waals surface area contributed by atoms with Crippen molar-refractivity contribution in [3.05, 3.63) is 59.9 Å². The Morgan fingerprint density at radius 3 is 2.76 bits per heavy atom. The van der Waals surface area contributed by atoms with Gasteiger partial charge in [-0.05, 0) is 38.1 Å². The molecule has 2 aliphatic rings. The van der Waals surface area contributed by atoms with Gasteiger partial charge in [0, 0.05) is 29.2 Å². The Morgan fingerprint density at radius 2 is 1.97 bits per heavy atom. The van der Waals surface area contributed by atoms with Gasteiger partial charge in [-0.2, -0.15) is 4.39 Å². The maximum Gasteiger partial charge on any atom is 0.586 e. The molecule has 0 bridgehead atoms. The topological polar surface area (TPSA) is 93.7 Å². The summed E-state index contributed by atoms with van der Waals surface area (Å²) in [5, 5.41) is 2.55. The van der Waals surface area contributed by atoms with Gasteiger partial charge in [0.2, 0.25) is 17.8 Å². The van der Waals surface area contributed by atoms with E-state index in [9.17, 15) is 18.4 Å². The number of carbonyl (C=O) groups excluding carboxylic acids is 2. The number of carbonyl (C=O) groups is 2. The summed E-state index contributed by atoms with van der Waals surface area (Å²) in [5.74, 6) is -3.04. The summed E-state index contributed by atoms with van der Waals surface area (Å²) in [6.07, 6.45) is -2.28. The van der Waals surface area contributed by atoms with Crippen LogP contribution in [0, 0.1) is 12.9 Å². The van der Waals surface area contributed by atoms with Gasteiger partial charge in [0.15, 0.2) is 11.5 Å². The van der Waals surface area contributed by atoms with Crippen molar-refractivity contribution < 1.29 is 32.2 Å². The Labute approximate surface area is 191 Å². The first kappa shape index (κ1) is 21.7. The van der Waals surface area contributed by atoms with Gasteiger partial charge in [0.1, 0.15) is 6.54 Å². The predicted molar refractivity (Wildman–Crippen MR) is 114 cm³/mol. The Bertz CT molecular complexity index is 1350.